The predicted octanol–water partition coefficient (Wildman–Crippen LogP) is 5.66. The summed E-state index contributed by atoms with van der Waals surface area (Å²) < 4.78 is 11.2. The minimum absolute atomic E-state index is 0.0568. The molecule has 42 heavy (non-hydrogen) atoms. The Bertz CT molecular complexity index is 1590. The molecule has 0 atom stereocenters. The molecule has 0 aliphatic carbocycles. The molecule has 8 heteroatoms. The smallest absolute Gasteiger partial charge is 0.253 e. The van der Waals surface area contributed by atoms with Gasteiger partial charge in [-0.25, -0.2) is 4.98 Å². The van der Waals surface area contributed by atoms with Crippen LogP contribution in [0.2, 0.25) is 0 Å². The number of H-pyrrole nitrogens is 1. The highest BCUT2D eigenvalue weighted by molar-refractivity contribution is 6.03. The molecule has 2 aliphatic rings. The largest absolute Gasteiger partial charge is 0.381 e. The van der Waals surface area contributed by atoms with Crippen LogP contribution >= 0.6 is 0 Å². The maximum absolute atomic E-state index is 12.7. The van der Waals surface area contributed by atoms with Gasteiger partial charge in [0.15, 0.2) is 0 Å². The molecular weight excluding hydrogens is 526 g/mol. The standard InChI is InChI=1S/C34H41N5O3/c1-4-39(28-10-15-41-16-11-28)32-21-26(25-5-7-27(8-6-25)38-13-17-42-18-14-38)20-30-29(32)9-12-35-33(30)36-22-31-23(2)19-24(3)37-34(31)40/h5-9,12,19-21,28H,4,10-11,13-18,22H2,1-3H3,(H,35,36)(H,37,40). The van der Waals surface area contributed by atoms with E-state index in [-0.39, 0.29) is 5.56 Å². The lowest BCUT2D eigenvalue weighted by Gasteiger charge is -2.36. The number of aromatic nitrogens is 2. The van der Waals surface area contributed by atoms with E-state index in [1.54, 1.807) is 0 Å². The Labute approximate surface area is 247 Å². The van der Waals surface area contributed by atoms with Crippen LogP contribution in [0.1, 0.15) is 36.6 Å². The molecule has 2 aliphatic heterocycles. The van der Waals surface area contributed by atoms with Gasteiger partial charge in [0.1, 0.15) is 5.82 Å². The molecule has 4 heterocycles. The van der Waals surface area contributed by atoms with Gasteiger partial charge < -0.3 is 29.6 Å². The van der Waals surface area contributed by atoms with Crippen molar-refractivity contribution in [2.45, 2.75) is 46.2 Å². The molecular formula is C34H41N5O3. The van der Waals surface area contributed by atoms with E-state index in [4.69, 9.17) is 14.5 Å². The maximum atomic E-state index is 12.7. The summed E-state index contributed by atoms with van der Waals surface area (Å²) in [6.45, 7) is 12.4. The number of nitrogens with zero attached hydrogens (tertiary/aromatic N) is 3. The average molecular weight is 568 g/mol. The van der Waals surface area contributed by atoms with E-state index in [1.165, 1.54) is 16.9 Å². The fourth-order valence-corrected chi connectivity index (χ4v) is 6.39. The summed E-state index contributed by atoms with van der Waals surface area (Å²) in [5, 5.41) is 5.72. The number of anilines is 3. The van der Waals surface area contributed by atoms with Crippen molar-refractivity contribution in [3.63, 3.8) is 0 Å². The van der Waals surface area contributed by atoms with E-state index in [0.717, 1.165) is 97.9 Å². The minimum Gasteiger partial charge on any atom is -0.381 e. The normalized spacial score (nSPS) is 16.1. The molecule has 0 amide bonds. The lowest BCUT2D eigenvalue weighted by Crippen LogP contribution is -2.39. The lowest BCUT2D eigenvalue weighted by molar-refractivity contribution is 0.0847. The van der Waals surface area contributed by atoms with Crippen LogP contribution in [-0.4, -0.2) is 62.1 Å². The third-order valence-electron chi connectivity index (χ3n) is 8.64. The van der Waals surface area contributed by atoms with Crippen molar-refractivity contribution in [3.8, 4) is 11.1 Å². The van der Waals surface area contributed by atoms with Crippen LogP contribution in [0.4, 0.5) is 17.2 Å². The second kappa shape index (κ2) is 12.5. The second-order valence-corrected chi connectivity index (χ2v) is 11.3. The van der Waals surface area contributed by atoms with E-state index in [9.17, 15) is 4.79 Å². The molecule has 0 unspecified atom stereocenters. The molecule has 2 aromatic carbocycles. The molecule has 220 valence electrons. The van der Waals surface area contributed by atoms with E-state index < -0.39 is 0 Å². The Morgan fingerprint density at radius 1 is 0.952 bits per heavy atom. The van der Waals surface area contributed by atoms with Gasteiger partial charge in [-0.2, -0.15) is 0 Å². The lowest BCUT2D eigenvalue weighted by atomic mass is 9.97. The van der Waals surface area contributed by atoms with Crippen molar-refractivity contribution < 1.29 is 9.47 Å². The quantitative estimate of drug-likeness (QED) is 0.284. The van der Waals surface area contributed by atoms with Gasteiger partial charge >= 0.3 is 0 Å². The highest BCUT2D eigenvalue weighted by Gasteiger charge is 2.24. The summed E-state index contributed by atoms with van der Waals surface area (Å²) in [6.07, 6.45) is 3.90. The Hall–Kier alpha value is -3.88. The van der Waals surface area contributed by atoms with Crippen LogP contribution in [0.5, 0.6) is 0 Å². The first-order valence-electron chi connectivity index (χ1n) is 15.2. The molecule has 0 bridgehead atoms. The third-order valence-corrected chi connectivity index (χ3v) is 8.64. The molecule has 2 saturated heterocycles. The zero-order chi connectivity index (χ0) is 29.1. The summed E-state index contributed by atoms with van der Waals surface area (Å²) >= 11 is 0. The van der Waals surface area contributed by atoms with Crippen molar-refractivity contribution in [2.24, 2.45) is 0 Å². The van der Waals surface area contributed by atoms with Crippen LogP contribution in [0, 0.1) is 13.8 Å². The van der Waals surface area contributed by atoms with E-state index >= 15 is 0 Å². The van der Waals surface area contributed by atoms with Gasteiger partial charge in [-0.1, -0.05) is 12.1 Å². The molecule has 0 radical (unpaired) electrons. The number of pyridine rings is 2. The molecule has 2 fully saturated rings. The zero-order valence-corrected chi connectivity index (χ0v) is 24.9. The van der Waals surface area contributed by atoms with Crippen molar-refractivity contribution in [3.05, 3.63) is 81.9 Å². The Balaban J connectivity index is 1.42. The first-order valence-corrected chi connectivity index (χ1v) is 15.2. The van der Waals surface area contributed by atoms with Crippen LogP contribution in [0.3, 0.4) is 0 Å². The van der Waals surface area contributed by atoms with Gasteiger partial charge in [-0.3, -0.25) is 4.79 Å². The Morgan fingerprint density at radius 2 is 1.69 bits per heavy atom. The molecule has 2 N–H and O–H groups in total. The number of hydrogen-bond acceptors (Lipinski definition) is 7. The molecule has 2 aromatic heterocycles. The van der Waals surface area contributed by atoms with Crippen LogP contribution in [0.15, 0.2) is 59.5 Å². The molecule has 0 saturated carbocycles. The fourth-order valence-electron chi connectivity index (χ4n) is 6.39. The fraction of sp³-hybridized carbons (Fsp3) is 0.412. The Kier molecular flexibility index (Phi) is 8.44. The topological polar surface area (TPSA) is 82.7 Å². The molecule has 8 nitrogen and oxygen atoms in total. The van der Waals surface area contributed by atoms with Crippen LogP contribution in [0.25, 0.3) is 21.9 Å². The van der Waals surface area contributed by atoms with Crippen molar-refractivity contribution >= 4 is 28.0 Å². The van der Waals surface area contributed by atoms with Crippen molar-refractivity contribution in [2.75, 3.05) is 61.2 Å². The average Bonchev–Trinajstić information content (AvgIpc) is 3.02. The number of aromatic amines is 1. The highest BCUT2D eigenvalue weighted by Crippen LogP contribution is 2.38. The summed E-state index contributed by atoms with van der Waals surface area (Å²) in [7, 11) is 0. The summed E-state index contributed by atoms with van der Waals surface area (Å²) in [5.41, 5.74) is 7.27. The number of nitrogens with one attached hydrogen (secondary N) is 2. The monoisotopic (exact) mass is 567 g/mol. The molecule has 0 spiro atoms. The van der Waals surface area contributed by atoms with Gasteiger partial charge in [-0.05, 0) is 86.7 Å². The predicted molar refractivity (Wildman–Crippen MR) is 171 cm³/mol. The van der Waals surface area contributed by atoms with Gasteiger partial charge in [0, 0.05) is 85.0 Å². The van der Waals surface area contributed by atoms with Gasteiger partial charge in [0.25, 0.3) is 5.56 Å². The first kappa shape index (κ1) is 28.2. The van der Waals surface area contributed by atoms with Crippen molar-refractivity contribution in [1.82, 2.24) is 9.97 Å². The highest BCUT2D eigenvalue weighted by atomic mass is 16.5. The van der Waals surface area contributed by atoms with Crippen molar-refractivity contribution in [1.29, 1.82) is 0 Å². The van der Waals surface area contributed by atoms with E-state index in [0.29, 0.717) is 12.6 Å². The van der Waals surface area contributed by atoms with Crippen LogP contribution < -0.4 is 20.7 Å². The number of aryl methyl sites for hydroxylation is 2. The number of benzene rings is 2. The number of ether oxygens (including phenoxy) is 2. The second-order valence-electron chi connectivity index (χ2n) is 11.3. The first-order chi connectivity index (χ1) is 20.5. The van der Waals surface area contributed by atoms with E-state index in [1.807, 2.05) is 26.1 Å². The minimum atomic E-state index is -0.0568. The molecule has 6 rings (SSSR count). The van der Waals surface area contributed by atoms with Gasteiger partial charge in [0.2, 0.25) is 0 Å². The summed E-state index contributed by atoms with van der Waals surface area (Å²) in [5.74, 6) is 0.781. The molecule has 4 aromatic rings. The maximum Gasteiger partial charge on any atom is 0.253 e. The summed E-state index contributed by atoms with van der Waals surface area (Å²) in [6, 6.07) is 18.0. The van der Waals surface area contributed by atoms with E-state index in [2.05, 4.69) is 69.5 Å². The number of morpholine rings is 1. The van der Waals surface area contributed by atoms with Gasteiger partial charge in [0.05, 0.1) is 13.2 Å². The Morgan fingerprint density at radius 3 is 2.40 bits per heavy atom. The van der Waals surface area contributed by atoms with Gasteiger partial charge in [-0.15, -0.1) is 0 Å². The number of fused-ring (bicyclic) bond motifs is 1. The zero-order valence-electron chi connectivity index (χ0n) is 24.9. The summed E-state index contributed by atoms with van der Waals surface area (Å²) in [4.78, 5) is 25.4. The van der Waals surface area contributed by atoms with Crippen LogP contribution in [-0.2, 0) is 16.0 Å². The number of hydrogen-bond donors (Lipinski definition) is 2. The SMILES string of the molecule is CCN(c1cc(-c2ccc(N3CCOCC3)cc2)cc2c(NCc3c(C)cc(C)[nH]c3=O)nccc12)C1CCOCC1. The number of rotatable bonds is 8. The third kappa shape index (κ3) is 5.87.